The summed E-state index contributed by atoms with van der Waals surface area (Å²) in [6, 6.07) is 6.82. The Balaban J connectivity index is 1.79. The Labute approximate surface area is 146 Å². The molecule has 1 fully saturated rings. The number of carbonyl (C=O) groups excluding carboxylic acids is 3. The van der Waals surface area contributed by atoms with Gasteiger partial charge in [-0.1, -0.05) is 23.7 Å². The smallest absolute Gasteiger partial charge is 0.409 e. The summed E-state index contributed by atoms with van der Waals surface area (Å²) in [7, 11) is 0. The van der Waals surface area contributed by atoms with Crippen molar-refractivity contribution in [1.29, 1.82) is 0 Å². The molecule has 1 aromatic carbocycles. The second kappa shape index (κ2) is 8.68. The van der Waals surface area contributed by atoms with E-state index >= 15 is 0 Å². The number of nitrogens with zero attached hydrogens (tertiary/aromatic N) is 2. The molecule has 6 nitrogen and oxygen atoms in total. The first kappa shape index (κ1) is 18.3. The highest BCUT2D eigenvalue weighted by Crippen LogP contribution is 2.18. The lowest BCUT2D eigenvalue weighted by Gasteiger charge is -2.34. The maximum Gasteiger partial charge on any atom is 0.409 e. The number of benzene rings is 1. The molecule has 0 radical (unpaired) electrons. The average molecular weight is 353 g/mol. The average Bonchev–Trinajstić information content (AvgIpc) is 2.60. The van der Waals surface area contributed by atoms with Gasteiger partial charge in [-0.2, -0.15) is 0 Å². The van der Waals surface area contributed by atoms with E-state index in [-0.39, 0.29) is 30.6 Å². The molecule has 0 bridgehead atoms. The quantitative estimate of drug-likeness (QED) is 0.764. The molecule has 130 valence electrons. The van der Waals surface area contributed by atoms with E-state index in [0.29, 0.717) is 43.4 Å². The number of rotatable bonds is 5. The normalized spacial score (nSPS) is 14.4. The zero-order valence-corrected chi connectivity index (χ0v) is 14.4. The molecule has 0 atom stereocenters. The Morgan fingerprint density at radius 3 is 2.29 bits per heavy atom. The van der Waals surface area contributed by atoms with Crippen molar-refractivity contribution in [1.82, 2.24) is 9.80 Å². The third-order valence-electron chi connectivity index (χ3n) is 3.90. The van der Waals surface area contributed by atoms with E-state index in [9.17, 15) is 14.4 Å². The number of ketones is 1. The van der Waals surface area contributed by atoms with Gasteiger partial charge in [0.2, 0.25) is 5.91 Å². The van der Waals surface area contributed by atoms with Gasteiger partial charge in [0.05, 0.1) is 11.6 Å². The van der Waals surface area contributed by atoms with Crippen molar-refractivity contribution in [2.75, 3.05) is 32.8 Å². The number of hydrogen-bond donors (Lipinski definition) is 0. The fourth-order valence-corrected chi connectivity index (χ4v) is 2.79. The minimum absolute atomic E-state index is 0.0843. The fourth-order valence-electron chi connectivity index (χ4n) is 2.55. The van der Waals surface area contributed by atoms with Gasteiger partial charge in [0, 0.05) is 44.6 Å². The van der Waals surface area contributed by atoms with Crippen LogP contribution in [0.15, 0.2) is 24.3 Å². The van der Waals surface area contributed by atoms with E-state index in [2.05, 4.69) is 0 Å². The van der Waals surface area contributed by atoms with Crippen LogP contribution in [-0.4, -0.2) is 60.4 Å². The second-order valence-electron chi connectivity index (χ2n) is 5.47. The third kappa shape index (κ3) is 4.71. The van der Waals surface area contributed by atoms with E-state index in [1.807, 2.05) is 0 Å². The highest BCUT2D eigenvalue weighted by Gasteiger charge is 2.25. The highest BCUT2D eigenvalue weighted by atomic mass is 35.5. The van der Waals surface area contributed by atoms with Crippen molar-refractivity contribution in [3.05, 3.63) is 34.9 Å². The van der Waals surface area contributed by atoms with Crippen LogP contribution < -0.4 is 0 Å². The van der Waals surface area contributed by atoms with Gasteiger partial charge in [-0.05, 0) is 19.1 Å². The number of Topliss-reactive ketones (excluding diaryl/α,β-unsaturated/α-hetero) is 1. The summed E-state index contributed by atoms with van der Waals surface area (Å²) in [5.74, 6) is -0.224. The van der Waals surface area contributed by atoms with E-state index < -0.39 is 0 Å². The summed E-state index contributed by atoms with van der Waals surface area (Å²) in [6.07, 6.45) is -0.0806. The molecule has 1 aliphatic rings. The highest BCUT2D eigenvalue weighted by molar-refractivity contribution is 6.34. The molecule has 2 rings (SSSR count). The largest absolute Gasteiger partial charge is 0.450 e. The van der Waals surface area contributed by atoms with Crippen molar-refractivity contribution in [3.8, 4) is 0 Å². The summed E-state index contributed by atoms with van der Waals surface area (Å²) in [6.45, 7) is 3.90. The minimum Gasteiger partial charge on any atom is -0.450 e. The van der Waals surface area contributed by atoms with Crippen molar-refractivity contribution < 1.29 is 19.1 Å². The van der Waals surface area contributed by atoms with Crippen molar-refractivity contribution in [3.63, 3.8) is 0 Å². The number of carbonyl (C=O) groups is 3. The van der Waals surface area contributed by atoms with Crippen molar-refractivity contribution in [2.45, 2.75) is 19.8 Å². The summed E-state index contributed by atoms with van der Waals surface area (Å²) in [5, 5.41) is 0.401. The maximum atomic E-state index is 12.2. The lowest BCUT2D eigenvalue weighted by Crippen LogP contribution is -2.50. The minimum atomic E-state index is -0.349. The van der Waals surface area contributed by atoms with Crippen molar-refractivity contribution in [2.24, 2.45) is 0 Å². The van der Waals surface area contributed by atoms with E-state index in [4.69, 9.17) is 16.3 Å². The van der Waals surface area contributed by atoms with Crippen LogP contribution in [0.25, 0.3) is 0 Å². The first-order chi connectivity index (χ1) is 11.5. The molecule has 0 aliphatic carbocycles. The van der Waals surface area contributed by atoms with Crippen LogP contribution in [0.1, 0.15) is 30.1 Å². The maximum absolute atomic E-state index is 12.2. The summed E-state index contributed by atoms with van der Waals surface area (Å²) >= 11 is 5.99. The summed E-state index contributed by atoms with van der Waals surface area (Å²) in [4.78, 5) is 39.3. The zero-order chi connectivity index (χ0) is 17.5. The topological polar surface area (TPSA) is 66.9 Å². The first-order valence-electron chi connectivity index (χ1n) is 8.00. The lowest BCUT2D eigenvalue weighted by molar-refractivity contribution is -0.132. The Morgan fingerprint density at radius 1 is 1.04 bits per heavy atom. The molecule has 1 saturated heterocycles. The first-order valence-corrected chi connectivity index (χ1v) is 8.38. The van der Waals surface area contributed by atoms with Gasteiger partial charge in [-0.25, -0.2) is 4.79 Å². The van der Waals surface area contributed by atoms with Crippen LogP contribution in [0.4, 0.5) is 4.79 Å². The van der Waals surface area contributed by atoms with Gasteiger partial charge in [-0.3, -0.25) is 9.59 Å². The van der Waals surface area contributed by atoms with Gasteiger partial charge in [0.25, 0.3) is 0 Å². The predicted molar refractivity (Wildman–Crippen MR) is 90.2 cm³/mol. The molecule has 2 amide bonds. The standard InChI is InChI=1S/C17H21ClN2O4/c1-2-24-17(23)20-11-9-19(10-12-20)16(22)8-7-15(21)13-5-3-4-6-14(13)18/h3-6H,2,7-12H2,1H3. The third-order valence-corrected chi connectivity index (χ3v) is 4.23. The van der Waals surface area contributed by atoms with Crippen LogP contribution >= 0.6 is 11.6 Å². The molecular formula is C17H21ClN2O4. The molecule has 1 aliphatic heterocycles. The van der Waals surface area contributed by atoms with Gasteiger partial charge in [0.15, 0.2) is 5.78 Å². The molecule has 0 saturated carbocycles. The Kier molecular flexibility index (Phi) is 6.61. The SMILES string of the molecule is CCOC(=O)N1CCN(C(=O)CCC(=O)c2ccccc2Cl)CC1. The van der Waals surface area contributed by atoms with E-state index in [0.717, 1.165) is 0 Å². The Morgan fingerprint density at radius 2 is 1.67 bits per heavy atom. The molecule has 24 heavy (non-hydrogen) atoms. The number of ether oxygens (including phenoxy) is 1. The van der Waals surface area contributed by atoms with Crippen LogP contribution in [0.5, 0.6) is 0 Å². The van der Waals surface area contributed by atoms with Gasteiger partial charge in [0.1, 0.15) is 0 Å². The lowest BCUT2D eigenvalue weighted by atomic mass is 10.1. The molecule has 0 spiro atoms. The number of amides is 2. The number of halogens is 1. The molecule has 0 N–H and O–H groups in total. The van der Waals surface area contributed by atoms with E-state index in [1.54, 1.807) is 41.0 Å². The second-order valence-corrected chi connectivity index (χ2v) is 5.88. The van der Waals surface area contributed by atoms with Gasteiger partial charge < -0.3 is 14.5 Å². The fraction of sp³-hybridized carbons (Fsp3) is 0.471. The van der Waals surface area contributed by atoms with Gasteiger partial charge in [-0.15, -0.1) is 0 Å². The van der Waals surface area contributed by atoms with Crippen LogP contribution in [-0.2, 0) is 9.53 Å². The molecular weight excluding hydrogens is 332 g/mol. The summed E-state index contributed by atoms with van der Waals surface area (Å²) < 4.78 is 4.94. The molecule has 1 heterocycles. The predicted octanol–water partition coefficient (Wildman–Crippen LogP) is 2.60. The molecule has 0 unspecified atom stereocenters. The Hall–Kier alpha value is -2.08. The number of piperazine rings is 1. The van der Waals surface area contributed by atoms with Gasteiger partial charge >= 0.3 is 6.09 Å². The van der Waals surface area contributed by atoms with Crippen LogP contribution in [0.2, 0.25) is 5.02 Å². The van der Waals surface area contributed by atoms with E-state index in [1.165, 1.54) is 0 Å². The van der Waals surface area contributed by atoms with Crippen LogP contribution in [0.3, 0.4) is 0 Å². The summed E-state index contributed by atoms with van der Waals surface area (Å²) in [5.41, 5.74) is 0.444. The molecule has 7 heteroatoms. The molecule has 0 aromatic heterocycles. The Bertz CT molecular complexity index is 612. The number of hydrogen-bond acceptors (Lipinski definition) is 4. The van der Waals surface area contributed by atoms with Crippen LogP contribution in [0, 0.1) is 0 Å². The zero-order valence-electron chi connectivity index (χ0n) is 13.7. The van der Waals surface area contributed by atoms with Crippen molar-refractivity contribution >= 4 is 29.4 Å². The molecule has 1 aromatic rings. The monoisotopic (exact) mass is 352 g/mol.